The molecule has 1 aromatic rings. The van der Waals surface area contributed by atoms with Crippen LogP contribution < -0.4 is 4.90 Å². The summed E-state index contributed by atoms with van der Waals surface area (Å²) in [5, 5.41) is 0. The first kappa shape index (κ1) is 9.83. The Hall–Kier alpha value is -1.71. The molecule has 4 heteroatoms. The van der Waals surface area contributed by atoms with Crippen LogP contribution in [-0.4, -0.2) is 22.4 Å². The van der Waals surface area contributed by atoms with Crippen LogP contribution in [0.25, 0.3) is 0 Å². The molecule has 1 fully saturated rings. The van der Waals surface area contributed by atoms with Crippen LogP contribution in [0, 0.1) is 12.8 Å². The summed E-state index contributed by atoms with van der Waals surface area (Å²) in [5.74, 6) is 0.793. The van der Waals surface area contributed by atoms with Crippen LogP contribution in [0.15, 0.2) is 25.0 Å². The number of aryl methyl sites for hydroxylation is 1. The third-order valence-electron chi connectivity index (χ3n) is 2.50. The second-order valence-corrected chi connectivity index (χ2v) is 3.76. The van der Waals surface area contributed by atoms with Crippen molar-refractivity contribution in [1.82, 2.24) is 9.97 Å². The lowest BCUT2D eigenvalue weighted by Gasteiger charge is -2.13. The Morgan fingerprint density at radius 3 is 2.73 bits per heavy atom. The molecule has 1 atom stereocenters. The van der Waals surface area contributed by atoms with Gasteiger partial charge in [-0.05, 0) is 12.5 Å². The largest absolute Gasteiger partial charge is 0.280 e. The van der Waals surface area contributed by atoms with Crippen molar-refractivity contribution >= 4 is 11.9 Å². The van der Waals surface area contributed by atoms with Gasteiger partial charge in [-0.25, -0.2) is 9.97 Å². The zero-order valence-electron chi connectivity index (χ0n) is 8.68. The number of anilines is 1. The highest BCUT2D eigenvalue weighted by molar-refractivity contribution is 5.94. The fourth-order valence-electron chi connectivity index (χ4n) is 1.61. The number of rotatable bonds is 2. The number of hydrogen-bond acceptors (Lipinski definition) is 3. The summed E-state index contributed by atoms with van der Waals surface area (Å²) in [7, 11) is 0. The highest BCUT2D eigenvalue weighted by Gasteiger charge is 2.30. The van der Waals surface area contributed by atoms with E-state index in [2.05, 4.69) is 16.5 Å². The first-order valence-corrected chi connectivity index (χ1v) is 4.92. The van der Waals surface area contributed by atoms with E-state index >= 15 is 0 Å². The van der Waals surface area contributed by atoms with Gasteiger partial charge in [-0.3, -0.25) is 9.69 Å². The predicted octanol–water partition coefficient (Wildman–Crippen LogP) is 1.32. The maximum Gasteiger partial charge on any atom is 0.232 e. The van der Waals surface area contributed by atoms with Crippen LogP contribution in [0.3, 0.4) is 0 Å². The topological polar surface area (TPSA) is 46.1 Å². The van der Waals surface area contributed by atoms with E-state index in [4.69, 9.17) is 0 Å². The number of carbonyl (C=O) groups excluding carboxylic acids is 1. The van der Waals surface area contributed by atoms with E-state index in [-0.39, 0.29) is 11.8 Å². The highest BCUT2D eigenvalue weighted by Crippen LogP contribution is 2.22. The monoisotopic (exact) mass is 203 g/mol. The molecule has 78 valence electrons. The lowest BCUT2D eigenvalue weighted by Crippen LogP contribution is -2.26. The van der Waals surface area contributed by atoms with Crippen molar-refractivity contribution in [2.24, 2.45) is 5.92 Å². The molecule has 1 aromatic heterocycles. The Bertz CT molecular complexity index is 385. The molecule has 1 unspecified atom stereocenters. The van der Waals surface area contributed by atoms with Crippen molar-refractivity contribution in [2.75, 3.05) is 11.4 Å². The van der Waals surface area contributed by atoms with E-state index in [1.807, 2.05) is 13.0 Å². The predicted molar refractivity (Wildman–Crippen MR) is 57.4 cm³/mol. The van der Waals surface area contributed by atoms with Crippen molar-refractivity contribution in [3.63, 3.8) is 0 Å². The van der Waals surface area contributed by atoms with Crippen LogP contribution in [0.1, 0.15) is 12.0 Å². The van der Waals surface area contributed by atoms with Crippen molar-refractivity contribution in [2.45, 2.75) is 13.3 Å². The van der Waals surface area contributed by atoms with E-state index in [9.17, 15) is 4.79 Å². The van der Waals surface area contributed by atoms with Gasteiger partial charge in [-0.2, -0.15) is 0 Å². The van der Waals surface area contributed by atoms with Crippen molar-refractivity contribution in [3.8, 4) is 0 Å². The van der Waals surface area contributed by atoms with Gasteiger partial charge in [0.2, 0.25) is 11.9 Å². The molecule has 15 heavy (non-hydrogen) atoms. The Labute approximate surface area is 88.7 Å². The van der Waals surface area contributed by atoms with Crippen molar-refractivity contribution in [1.29, 1.82) is 0 Å². The van der Waals surface area contributed by atoms with E-state index in [1.165, 1.54) is 0 Å². The minimum atomic E-state index is 0.0729. The number of nitrogens with zero attached hydrogens (tertiary/aromatic N) is 3. The van der Waals surface area contributed by atoms with Gasteiger partial charge in [-0.15, -0.1) is 6.58 Å². The molecule has 0 aliphatic carbocycles. The first-order valence-electron chi connectivity index (χ1n) is 4.92. The summed E-state index contributed by atoms with van der Waals surface area (Å²) in [5.41, 5.74) is 0.991. The van der Waals surface area contributed by atoms with E-state index < -0.39 is 0 Å². The van der Waals surface area contributed by atoms with Gasteiger partial charge in [0.1, 0.15) is 0 Å². The maximum absolute atomic E-state index is 11.6. The standard InChI is InChI=1S/C11H13N3O/c1-3-9-4-10(15)14(7-9)11-12-5-8(2)6-13-11/h3,5-6,9H,1,4,7H2,2H3. The summed E-state index contributed by atoms with van der Waals surface area (Å²) in [6.07, 6.45) is 5.76. The Kier molecular flexibility index (Phi) is 2.49. The third-order valence-corrected chi connectivity index (χ3v) is 2.50. The summed E-state index contributed by atoms with van der Waals surface area (Å²) < 4.78 is 0. The third kappa shape index (κ3) is 1.88. The van der Waals surface area contributed by atoms with E-state index in [1.54, 1.807) is 17.3 Å². The number of aromatic nitrogens is 2. The molecule has 1 aliphatic rings. The highest BCUT2D eigenvalue weighted by atomic mass is 16.2. The minimum Gasteiger partial charge on any atom is -0.280 e. The molecule has 0 spiro atoms. The van der Waals surface area contributed by atoms with Crippen LogP contribution in [0.2, 0.25) is 0 Å². The first-order chi connectivity index (χ1) is 7.20. The van der Waals surface area contributed by atoms with Gasteiger partial charge in [-0.1, -0.05) is 6.08 Å². The van der Waals surface area contributed by atoms with Gasteiger partial charge in [0, 0.05) is 31.3 Å². The van der Waals surface area contributed by atoms with Crippen LogP contribution in [0.4, 0.5) is 5.95 Å². The maximum atomic E-state index is 11.6. The van der Waals surface area contributed by atoms with Gasteiger partial charge in [0.05, 0.1) is 0 Å². The van der Waals surface area contributed by atoms with Gasteiger partial charge in [0.25, 0.3) is 0 Å². The smallest absolute Gasteiger partial charge is 0.232 e. The average Bonchev–Trinajstić information content (AvgIpc) is 2.61. The zero-order valence-corrected chi connectivity index (χ0v) is 8.68. The fourth-order valence-corrected chi connectivity index (χ4v) is 1.61. The minimum absolute atomic E-state index is 0.0729. The van der Waals surface area contributed by atoms with Crippen LogP contribution in [-0.2, 0) is 4.79 Å². The summed E-state index contributed by atoms with van der Waals surface area (Å²) >= 11 is 0. The Morgan fingerprint density at radius 2 is 2.20 bits per heavy atom. The molecular weight excluding hydrogens is 190 g/mol. The van der Waals surface area contributed by atoms with Crippen LogP contribution >= 0.6 is 0 Å². The normalized spacial score (nSPS) is 20.7. The lowest BCUT2D eigenvalue weighted by atomic mass is 10.1. The zero-order chi connectivity index (χ0) is 10.8. The van der Waals surface area contributed by atoms with Crippen molar-refractivity contribution in [3.05, 3.63) is 30.6 Å². The second-order valence-electron chi connectivity index (χ2n) is 3.76. The average molecular weight is 203 g/mol. The molecule has 0 saturated carbocycles. The molecule has 1 saturated heterocycles. The molecule has 0 aromatic carbocycles. The second kappa shape index (κ2) is 3.81. The molecular formula is C11H13N3O. The Balaban J connectivity index is 2.21. The van der Waals surface area contributed by atoms with E-state index in [0.717, 1.165) is 5.56 Å². The summed E-state index contributed by atoms with van der Waals surface area (Å²) in [4.78, 5) is 21.5. The molecule has 0 N–H and O–H groups in total. The Morgan fingerprint density at radius 1 is 1.53 bits per heavy atom. The number of hydrogen-bond donors (Lipinski definition) is 0. The fraction of sp³-hybridized carbons (Fsp3) is 0.364. The summed E-state index contributed by atoms with van der Waals surface area (Å²) in [6, 6.07) is 0. The van der Waals surface area contributed by atoms with E-state index in [0.29, 0.717) is 18.9 Å². The molecule has 2 heterocycles. The molecule has 4 nitrogen and oxygen atoms in total. The molecule has 0 radical (unpaired) electrons. The SMILES string of the molecule is C=CC1CC(=O)N(c2ncc(C)cn2)C1. The molecule has 2 rings (SSSR count). The van der Waals surface area contributed by atoms with Gasteiger partial charge >= 0.3 is 0 Å². The lowest BCUT2D eigenvalue weighted by molar-refractivity contribution is -0.117. The summed E-state index contributed by atoms with van der Waals surface area (Å²) in [6.45, 7) is 6.26. The quantitative estimate of drug-likeness (QED) is 0.681. The molecule has 0 bridgehead atoms. The van der Waals surface area contributed by atoms with Gasteiger partial charge in [0.15, 0.2) is 0 Å². The molecule has 1 amide bonds. The number of amides is 1. The number of carbonyl (C=O) groups is 1. The van der Waals surface area contributed by atoms with Crippen molar-refractivity contribution < 1.29 is 4.79 Å². The van der Waals surface area contributed by atoms with Crippen LogP contribution in [0.5, 0.6) is 0 Å². The molecule has 1 aliphatic heterocycles. The van der Waals surface area contributed by atoms with Gasteiger partial charge < -0.3 is 0 Å².